The summed E-state index contributed by atoms with van der Waals surface area (Å²) >= 11 is -0.474. The fourth-order valence-corrected chi connectivity index (χ4v) is 7.16. The van der Waals surface area contributed by atoms with Gasteiger partial charge in [-0.15, -0.1) is 0 Å². The molecule has 0 rings (SSSR count). The molecule has 3 heteroatoms. The molecule has 0 saturated heterocycles. The fraction of sp³-hybridized carbons (Fsp3) is 1.00. The molecule has 0 aromatic carbocycles. The summed E-state index contributed by atoms with van der Waals surface area (Å²) in [7, 11) is 0. The van der Waals surface area contributed by atoms with E-state index in [0.29, 0.717) is 3.43 Å². The Kier molecular flexibility index (Phi) is 13.9. The van der Waals surface area contributed by atoms with Gasteiger partial charge in [0.05, 0.1) is 0 Å². The van der Waals surface area contributed by atoms with Crippen molar-refractivity contribution in [1.29, 1.82) is 0 Å². The number of rotatable bonds is 14. The maximum absolute atomic E-state index is 5.84. The average molecular weight is 390 g/mol. The molecule has 0 aromatic heterocycles. The number of hydrogen-bond donors (Lipinski definition) is 1. The van der Waals surface area contributed by atoms with Crippen LogP contribution in [-0.2, 0) is 4.74 Å². The van der Waals surface area contributed by atoms with Gasteiger partial charge in [-0.05, 0) is 0 Å². The van der Waals surface area contributed by atoms with E-state index < -0.39 is 21.1 Å². The monoisotopic (exact) mass is 391 g/mol. The van der Waals surface area contributed by atoms with Crippen molar-refractivity contribution in [1.82, 2.24) is 0 Å². The molecule has 0 aliphatic carbocycles. The van der Waals surface area contributed by atoms with Crippen LogP contribution in [0.5, 0.6) is 0 Å². The topological polar surface area (TPSA) is 35.2 Å². The molecule has 0 spiro atoms. The van der Waals surface area contributed by atoms with E-state index in [2.05, 4.69) is 20.8 Å². The van der Waals surface area contributed by atoms with E-state index in [1.54, 1.807) is 0 Å². The molecule has 2 N–H and O–H groups in total. The molecule has 0 unspecified atom stereocenters. The van der Waals surface area contributed by atoms with Gasteiger partial charge in [-0.3, -0.25) is 0 Å². The summed E-state index contributed by atoms with van der Waals surface area (Å²) in [6, 6.07) is 0.186. The Labute approximate surface area is 137 Å². The molecule has 2 radical (unpaired) electrons. The van der Waals surface area contributed by atoms with Crippen molar-refractivity contribution in [2.45, 2.75) is 95.0 Å². The summed E-state index contributed by atoms with van der Waals surface area (Å²) < 4.78 is 7.60. The summed E-state index contributed by atoms with van der Waals surface area (Å²) in [6.07, 6.45) is 12.6. The second kappa shape index (κ2) is 13.4. The number of nitrogens with two attached hydrogens (primary N) is 1. The van der Waals surface area contributed by atoms with Crippen LogP contribution < -0.4 is 5.73 Å². The summed E-state index contributed by atoms with van der Waals surface area (Å²) in [6.45, 7) is 9.74. The molecule has 0 bridgehead atoms. The number of ether oxygens (including phenoxy) is 1. The zero-order chi connectivity index (χ0) is 15.3. The Morgan fingerprint density at radius 1 is 0.950 bits per heavy atom. The molecule has 20 heavy (non-hydrogen) atoms. The average Bonchev–Trinajstić information content (AvgIpc) is 2.44. The second-order valence-corrected chi connectivity index (χ2v) is 11.1. The first-order valence-electron chi connectivity index (χ1n) is 8.68. The summed E-state index contributed by atoms with van der Waals surface area (Å²) in [5.74, 6) is 0. The Hall–Kier alpha value is 0.719. The number of unbranched alkanes of at least 4 members (excludes halogenated alkanes) is 3. The van der Waals surface area contributed by atoms with Crippen molar-refractivity contribution < 1.29 is 4.74 Å². The Morgan fingerprint density at radius 2 is 1.40 bits per heavy atom. The van der Waals surface area contributed by atoms with Gasteiger partial charge in [0.25, 0.3) is 0 Å². The molecule has 0 aromatic rings. The van der Waals surface area contributed by atoms with Gasteiger partial charge in [0, 0.05) is 0 Å². The van der Waals surface area contributed by atoms with Gasteiger partial charge < -0.3 is 0 Å². The number of hydrogen-bond acceptors (Lipinski definition) is 2. The fourth-order valence-electron chi connectivity index (χ4n) is 2.63. The zero-order valence-electron chi connectivity index (χ0n) is 14.3. The van der Waals surface area contributed by atoms with Crippen LogP contribution in [0.25, 0.3) is 0 Å². The van der Waals surface area contributed by atoms with Crippen LogP contribution in [0, 0.1) is 0 Å². The normalized spacial score (nSPS) is 13.7. The minimum atomic E-state index is -0.474. The van der Waals surface area contributed by atoms with Gasteiger partial charge in [0.15, 0.2) is 0 Å². The Bertz CT molecular complexity index is 187. The molecular weight excluding hydrogens is 353 g/mol. The van der Waals surface area contributed by atoms with E-state index in [4.69, 9.17) is 10.5 Å². The van der Waals surface area contributed by atoms with E-state index in [-0.39, 0.29) is 6.04 Å². The SMILES string of the molecule is CCCC[C](CCCC)(CCCC)[Sn][CH2]OC[C@@H](C)N. The van der Waals surface area contributed by atoms with Gasteiger partial charge in [0.1, 0.15) is 0 Å². The van der Waals surface area contributed by atoms with Crippen molar-refractivity contribution in [3.63, 3.8) is 0 Å². The van der Waals surface area contributed by atoms with Crippen molar-refractivity contribution in [3.05, 3.63) is 0 Å². The third-order valence-electron chi connectivity index (χ3n) is 3.96. The zero-order valence-corrected chi connectivity index (χ0v) is 17.2. The minimum absolute atomic E-state index is 0.186. The predicted octanol–water partition coefficient (Wildman–Crippen LogP) is 4.74. The molecule has 2 nitrogen and oxygen atoms in total. The van der Waals surface area contributed by atoms with Crippen molar-refractivity contribution >= 4 is 21.1 Å². The van der Waals surface area contributed by atoms with E-state index in [1.165, 1.54) is 57.8 Å². The maximum atomic E-state index is 5.84. The van der Waals surface area contributed by atoms with Crippen molar-refractivity contribution in [2.24, 2.45) is 5.73 Å². The standard InChI is InChI=1S/C13H27.C4H10NO.Sn/c1-4-7-10-13(11-8-5-2)12-9-6-3;1-4(5)3-6-2;/h4-12H2,1-3H3;4H,2-3,5H2,1H3;/t;4-;/m.1./s1. The van der Waals surface area contributed by atoms with Gasteiger partial charge in [-0.25, -0.2) is 0 Å². The molecule has 1 atom stereocenters. The molecular formula is C17H37NOSn. The Morgan fingerprint density at radius 3 is 1.75 bits per heavy atom. The van der Waals surface area contributed by atoms with Crippen LogP contribution in [-0.4, -0.2) is 38.4 Å². The van der Waals surface area contributed by atoms with E-state index >= 15 is 0 Å². The van der Waals surface area contributed by atoms with E-state index in [0.717, 1.165) is 11.2 Å². The first kappa shape index (κ1) is 20.7. The predicted molar refractivity (Wildman–Crippen MR) is 91.5 cm³/mol. The summed E-state index contributed by atoms with van der Waals surface area (Å²) in [5, 5.41) is 0. The van der Waals surface area contributed by atoms with E-state index in [9.17, 15) is 0 Å². The van der Waals surface area contributed by atoms with Crippen LogP contribution in [0.2, 0.25) is 3.43 Å². The third-order valence-corrected chi connectivity index (χ3v) is 9.23. The molecule has 0 aliphatic rings. The summed E-state index contributed by atoms with van der Waals surface area (Å²) in [5.41, 5.74) is 5.78. The first-order chi connectivity index (χ1) is 9.60. The molecule has 0 aliphatic heterocycles. The molecule has 120 valence electrons. The molecule has 0 saturated carbocycles. The van der Waals surface area contributed by atoms with Crippen molar-refractivity contribution in [3.8, 4) is 0 Å². The van der Waals surface area contributed by atoms with Crippen LogP contribution in [0.1, 0.15) is 85.5 Å². The first-order valence-corrected chi connectivity index (χ1v) is 12.1. The van der Waals surface area contributed by atoms with Gasteiger partial charge >= 0.3 is 138 Å². The Balaban J connectivity index is 4.41. The van der Waals surface area contributed by atoms with Crippen LogP contribution in [0.15, 0.2) is 0 Å². The molecule has 0 heterocycles. The van der Waals surface area contributed by atoms with Crippen LogP contribution >= 0.6 is 0 Å². The van der Waals surface area contributed by atoms with Crippen LogP contribution in [0.4, 0.5) is 0 Å². The van der Waals surface area contributed by atoms with E-state index in [1.807, 2.05) is 6.92 Å². The summed E-state index contributed by atoms with van der Waals surface area (Å²) in [4.78, 5) is 0. The van der Waals surface area contributed by atoms with Gasteiger partial charge in [-0.2, -0.15) is 0 Å². The van der Waals surface area contributed by atoms with Gasteiger partial charge in [0.2, 0.25) is 0 Å². The molecule has 0 fully saturated rings. The second-order valence-electron chi connectivity index (χ2n) is 6.26. The van der Waals surface area contributed by atoms with Crippen LogP contribution in [0.3, 0.4) is 0 Å². The third kappa shape index (κ3) is 10.4. The molecule has 0 amide bonds. The quantitative estimate of drug-likeness (QED) is 0.344. The van der Waals surface area contributed by atoms with Crippen molar-refractivity contribution in [2.75, 3.05) is 11.2 Å². The van der Waals surface area contributed by atoms with Gasteiger partial charge in [-0.1, -0.05) is 0 Å².